The lowest BCUT2D eigenvalue weighted by Crippen LogP contribution is -2.37. The Hall–Kier alpha value is -2.81. The largest absolute Gasteiger partial charge is 0.756 e. The molecule has 0 fully saturated rings. The summed E-state index contributed by atoms with van der Waals surface area (Å²) in [5.74, 6) is -0.822. The lowest BCUT2D eigenvalue weighted by molar-refractivity contribution is -0.870. The molecule has 0 heterocycles. The van der Waals surface area contributed by atoms with Crippen molar-refractivity contribution in [3.8, 4) is 0 Å². The van der Waals surface area contributed by atoms with E-state index in [2.05, 4.69) is 98.9 Å². The Morgan fingerprint density at radius 1 is 0.327 bits per heavy atom. The summed E-state index contributed by atoms with van der Waals surface area (Å²) in [5.41, 5.74) is 0. The standard InChI is InChI=1S/C88H162NO8P/c1-6-8-10-12-14-16-18-20-22-24-26-28-30-32-34-36-38-40-41-42-43-44-45-46-47-49-50-52-54-56-58-60-62-64-66-68-70-72-74-76-78-80-87(90)94-84-86(85-96-98(92,93)95-83-82-89(3,4)5)97-88(91)81-79-77-75-73-71-69-67-65-63-61-59-57-55-53-51-48-39-37-35-33-31-29-27-25-23-21-19-17-15-13-11-9-7-2/h9,11,15,17,21,23,27,29,33,35,39,48,53,55,86H,6-8,10,12-14,16,18-20,22,24-26,28,30-32,34,36-38,40-47,49-52,54,56-85H2,1-5H3/b11-9-,17-15-,23-21-,29-27-,35-33-,48-39-,55-53-. The van der Waals surface area contributed by atoms with Gasteiger partial charge < -0.3 is 27.9 Å². The van der Waals surface area contributed by atoms with E-state index in [0.29, 0.717) is 17.4 Å². The third-order valence-corrected chi connectivity index (χ3v) is 19.9. The van der Waals surface area contributed by atoms with Crippen LogP contribution in [0.3, 0.4) is 0 Å². The van der Waals surface area contributed by atoms with Gasteiger partial charge in [0.1, 0.15) is 19.8 Å². The van der Waals surface area contributed by atoms with E-state index in [1.54, 1.807) is 0 Å². The van der Waals surface area contributed by atoms with Crippen LogP contribution >= 0.6 is 7.82 Å². The number of quaternary nitrogens is 1. The number of carbonyl (C=O) groups is 2. The van der Waals surface area contributed by atoms with Gasteiger partial charge in [0.15, 0.2) is 6.10 Å². The van der Waals surface area contributed by atoms with E-state index in [-0.39, 0.29) is 32.0 Å². The second-order valence-electron chi connectivity index (χ2n) is 29.8. The Morgan fingerprint density at radius 2 is 0.582 bits per heavy atom. The molecule has 572 valence electrons. The van der Waals surface area contributed by atoms with Crippen LogP contribution < -0.4 is 4.89 Å². The lowest BCUT2D eigenvalue weighted by Gasteiger charge is -2.28. The molecule has 0 radical (unpaired) electrons. The van der Waals surface area contributed by atoms with Crippen molar-refractivity contribution in [1.82, 2.24) is 0 Å². The van der Waals surface area contributed by atoms with Gasteiger partial charge in [0.2, 0.25) is 0 Å². The normalized spacial score (nSPS) is 13.4. The smallest absolute Gasteiger partial charge is 0.306 e. The second-order valence-corrected chi connectivity index (χ2v) is 31.2. The zero-order chi connectivity index (χ0) is 71.1. The van der Waals surface area contributed by atoms with Gasteiger partial charge in [0.05, 0.1) is 27.7 Å². The zero-order valence-electron chi connectivity index (χ0n) is 65.5. The number of rotatable bonds is 79. The number of esters is 2. The number of hydrogen-bond acceptors (Lipinski definition) is 8. The van der Waals surface area contributed by atoms with Crippen molar-refractivity contribution in [3.63, 3.8) is 0 Å². The van der Waals surface area contributed by atoms with E-state index in [0.717, 1.165) is 89.9 Å². The van der Waals surface area contributed by atoms with Crippen molar-refractivity contribution < 1.29 is 42.1 Å². The van der Waals surface area contributed by atoms with Gasteiger partial charge in [-0.05, 0) is 70.6 Å². The summed E-state index contributed by atoms with van der Waals surface area (Å²) in [5, 5.41) is 0. The number of phosphoric ester groups is 1. The first-order chi connectivity index (χ1) is 48.0. The molecule has 2 unspecified atom stereocenters. The van der Waals surface area contributed by atoms with Crippen molar-refractivity contribution in [2.45, 2.75) is 418 Å². The number of ether oxygens (including phenoxy) is 2. The molecule has 9 nitrogen and oxygen atoms in total. The third kappa shape index (κ3) is 82.1. The highest BCUT2D eigenvalue weighted by Gasteiger charge is 2.22. The van der Waals surface area contributed by atoms with E-state index in [4.69, 9.17) is 18.5 Å². The molecule has 0 saturated heterocycles. The van der Waals surface area contributed by atoms with Crippen molar-refractivity contribution >= 4 is 19.8 Å². The van der Waals surface area contributed by atoms with Crippen molar-refractivity contribution in [3.05, 3.63) is 85.1 Å². The van der Waals surface area contributed by atoms with Gasteiger partial charge in [-0.15, -0.1) is 0 Å². The summed E-state index contributed by atoms with van der Waals surface area (Å²) in [6.07, 6.45) is 109. The monoisotopic (exact) mass is 1390 g/mol. The van der Waals surface area contributed by atoms with Crippen LogP contribution in [0.5, 0.6) is 0 Å². The molecule has 2 atom stereocenters. The number of nitrogens with zero attached hydrogens (tertiary/aromatic N) is 1. The molecule has 0 spiro atoms. The van der Waals surface area contributed by atoms with Crippen LogP contribution in [0.25, 0.3) is 0 Å². The van der Waals surface area contributed by atoms with Crippen LogP contribution in [0.15, 0.2) is 85.1 Å². The fourth-order valence-corrected chi connectivity index (χ4v) is 13.3. The fourth-order valence-electron chi connectivity index (χ4n) is 12.5. The average molecular weight is 1390 g/mol. The van der Waals surface area contributed by atoms with Crippen LogP contribution in [0.2, 0.25) is 0 Å². The van der Waals surface area contributed by atoms with E-state index in [1.807, 2.05) is 21.1 Å². The Kier molecular flexibility index (Phi) is 76.1. The Bertz CT molecular complexity index is 1930. The van der Waals surface area contributed by atoms with Crippen molar-refractivity contribution in [1.29, 1.82) is 0 Å². The fraction of sp³-hybridized carbons (Fsp3) is 0.818. The topological polar surface area (TPSA) is 111 Å². The summed E-state index contributed by atoms with van der Waals surface area (Å²) in [6, 6.07) is 0. The number of likely N-dealkylation sites (N-methyl/N-ethyl adjacent to an activating group) is 1. The molecule has 0 amide bonds. The minimum atomic E-state index is -4.65. The minimum absolute atomic E-state index is 0.0325. The summed E-state index contributed by atoms with van der Waals surface area (Å²) >= 11 is 0. The number of unbranched alkanes of at least 4 members (excludes halogenated alkanes) is 51. The SMILES string of the molecule is CC/C=C\C/C=C\C/C=C\C/C=C\C/C=C\C/C=C\C/C=C\CCCCCCCCCCCCCC(=O)OC(COC(=O)CCCCCCCCCCCCCCCCCCCCCCCCCCCCCCCCCCCCCCCCCCC)COP(=O)([O-])OCC[N+](C)(C)C. The maximum absolute atomic E-state index is 12.9. The van der Waals surface area contributed by atoms with E-state index in [1.165, 1.54) is 289 Å². The average Bonchev–Trinajstić information content (AvgIpc) is 1.08. The molecule has 0 rings (SSSR count). The molecule has 0 saturated carbocycles. The molecule has 0 bridgehead atoms. The first-order valence-electron chi connectivity index (χ1n) is 42.3. The predicted molar refractivity (Wildman–Crippen MR) is 425 cm³/mol. The first-order valence-corrected chi connectivity index (χ1v) is 43.8. The Balaban J connectivity index is 3.90. The van der Waals surface area contributed by atoms with Gasteiger partial charge in [0.25, 0.3) is 7.82 Å². The maximum atomic E-state index is 12.9. The van der Waals surface area contributed by atoms with Crippen LogP contribution in [0, 0.1) is 0 Å². The number of carbonyl (C=O) groups excluding carboxylic acids is 2. The summed E-state index contributed by atoms with van der Waals surface area (Å²) < 4.78 is 34.4. The molecular weight excluding hydrogens is 1230 g/mol. The highest BCUT2D eigenvalue weighted by molar-refractivity contribution is 7.45. The number of phosphoric acid groups is 1. The molecular formula is C88H162NO8P. The van der Waals surface area contributed by atoms with Crippen molar-refractivity contribution in [2.24, 2.45) is 0 Å². The van der Waals surface area contributed by atoms with E-state index < -0.39 is 26.5 Å². The summed E-state index contributed by atoms with van der Waals surface area (Å²) in [6.45, 7) is 4.18. The minimum Gasteiger partial charge on any atom is -0.756 e. The van der Waals surface area contributed by atoms with E-state index in [9.17, 15) is 19.0 Å². The van der Waals surface area contributed by atoms with Crippen LogP contribution in [-0.4, -0.2) is 70.0 Å². The Labute approximate surface area is 609 Å². The van der Waals surface area contributed by atoms with Crippen LogP contribution in [0.1, 0.15) is 412 Å². The first kappa shape index (κ1) is 95.2. The van der Waals surface area contributed by atoms with Crippen LogP contribution in [-0.2, 0) is 32.7 Å². The molecule has 0 aromatic rings. The second kappa shape index (κ2) is 78.3. The Morgan fingerprint density at radius 3 is 0.867 bits per heavy atom. The summed E-state index contributed by atoms with van der Waals surface area (Å²) in [7, 11) is 1.17. The molecule has 98 heavy (non-hydrogen) atoms. The quantitative estimate of drug-likeness (QED) is 0.0195. The van der Waals surface area contributed by atoms with Gasteiger partial charge in [-0.25, -0.2) is 0 Å². The van der Waals surface area contributed by atoms with Gasteiger partial charge in [-0.3, -0.25) is 14.2 Å². The van der Waals surface area contributed by atoms with Gasteiger partial charge in [-0.1, -0.05) is 414 Å². The third-order valence-electron chi connectivity index (χ3n) is 18.9. The van der Waals surface area contributed by atoms with Crippen LogP contribution in [0.4, 0.5) is 0 Å². The molecule has 0 aliphatic carbocycles. The molecule has 0 aromatic carbocycles. The van der Waals surface area contributed by atoms with Gasteiger partial charge in [-0.2, -0.15) is 0 Å². The number of hydrogen-bond donors (Lipinski definition) is 0. The number of allylic oxidation sites excluding steroid dienone is 14. The van der Waals surface area contributed by atoms with Gasteiger partial charge >= 0.3 is 11.9 Å². The molecule has 0 N–H and O–H groups in total. The van der Waals surface area contributed by atoms with E-state index >= 15 is 0 Å². The summed E-state index contributed by atoms with van der Waals surface area (Å²) in [4.78, 5) is 38.2. The predicted octanol–water partition coefficient (Wildman–Crippen LogP) is 27.8. The molecule has 0 aliphatic rings. The lowest BCUT2D eigenvalue weighted by atomic mass is 10.0. The highest BCUT2D eigenvalue weighted by Crippen LogP contribution is 2.38. The van der Waals surface area contributed by atoms with Gasteiger partial charge in [0, 0.05) is 12.8 Å². The molecule has 10 heteroatoms. The zero-order valence-corrected chi connectivity index (χ0v) is 66.4. The maximum Gasteiger partial charge on any atom is 0.306 e. The molecule has 0 aliphatic heterocycles. The molecule has 0 aromatic heterocycles. The van der Waals surface area contributed by atoms with Crippen molar-refractivity contribution in [2.75, 3.05) is 47.5 Å². The highest BCUT2D eigenvalue weighted by atomic mass is 31.2.